The number of likely N-dealkylation sites (tertiary alicyclic amines) is 1. The Bertz CT molecular complexity index is 654. The summed E-state index contributed by atoms with van der Waals surface area (Å²) in [7, 11) is 0. The van der Waals surface area contributed by atoms with Gasteiger partial charge in [-0.15, -0.1) is 11.3 Å². The van der Waals surface area contributed by atoms with Gasteiger partial charge in [-0.3, -0.25) is 4.79 Å². The van der Waals surface area contributed by atoms with Crippen LogP contribution in [0.25, 0.3) is 0 Å². The van der Waals surface area contributed by atoms with E-state index >= 15 is 0 Å². The molecule has 2 aromatic heterocycles. The van der Waals surface area contributed by atoms with E-state index < -0.39 is 0 Å². The standard InChI is InChI=1S/C17H23N3O3S/c1-12(2)17-18-15(23-19-17)11-22-13-5-3-7-20(10-13)16(21)9-14-6-4-8-24-14/h4,6,8,12-13H,3,5,7,9-11H2,1-2H3/t13-/m1/s1. The predicted octanol–water partition coefficient (Wildman–Crippen LogP) is 3.00. The summed E-state index contributed by atoms with van der Waals surface area (Å²) in [5, 5.41) is 5.94. The summed E-state index contributed by atoms with van der Waals surface area (Å²) in [5.74, 6) is 1.61. The lowest BCUT2D eigenvalue weighted by molar-refractivity contribution is -0.135. The van der Waals surface area contributed by atoms with E-state index in [1.807, 2.05) is 36.3 Å². The van der Waals surface area contributed by atoms with Crippen molar-refractivity contribution in [3.63, 3.8) is 0 Å². The predicted molar refractivity (Wildman–Crippen MR) is 90.8 cm³/mol. The lowest BCUT2D eigenvalue weighted by Crippen LogP contribution is -2.43. The summed E-state index contributed by atoms with van der Waals surface area (Å²) in [6, 6.07) is 3.98. The number of ether oxygens (including phenoxy) is 1. The average molecular weight is 349 g/mol. The van der Waals surface area contributed by atoms with E-state index in [2.05, 4.69) is 10.1 Å². The minimum absolute atomic E-state index is 0.0282. The van der Waals surface area contributed by atoms with E-state index in [-0.39, 0.29) is 17.9 Å². The van der Waals surface area contributed by atoms with Gasteiger partial charge in [-0.1, -0.05) is 25.1 Å². The molecule has 1 fully saturated rings. The monoisotopic (exact) mass is 349 g/mol. The fourth-order valence-corrected chi connectivity index (χ4v) is 3.42. The van der Waals surface area contributed by atoms with E-state index in [1.54, 1.807) is 11.3 Å². The highest BCUT2D eigenvalue weighted by molar-refractivity contribution is 7.10. The van der Waals surface area contributed by atoms with Crippen LogP contribution >= 0.6 is 11.3 Å². The molecule has 1 amide bonds. The molecule has 3 heterocycles. The molecule has 0 spiro atoms. The Morgan fingerprint density at radius 2 is 2.42 bits per heavy atom. The van der Waals surface area contributed by atoms with Crippen molar-refractivity contribution < 1.29 is 14.1 Å². The molecular formula is C17H23N3O3S. The fourth-order valence-electron chi connectivity index (χ4n) is 2.73. The van der Waals surface area contributed by atoms with Crippen molar-refractivity contribution in [2.24, 2.45) is 0 Å². The molecule has 24 heavy (non-hydrogen) atoms. The Morgan fingerprint density at radius 3 is 3.12 bits per heavy atom. The molecule has 0 saturated carbocycles. The minimum atomic E-state index is 0.0282. The number of aromatic nitrogens is 2. The number of thiophene rings is 1. The molecule has 2 aromatic rings. The number of piperidine rings is 1. The third kappa shape index (κ3) is 4.42. The average Bonchev–Trinajstić information content (AvgIpc) is 3.25. The highest BCUT2D eigenvalue weighted by Gasteiger charge is 2.25. The molecule has 6 nitrogen and oxygen atoms in total. The maximum atomic E-state index is 12.4. The topological polar surface area (TPSA) is 68.5 Å². The van der Waals surface area contributed by atoms with Gasteiger partial charge in [0.2, 0.25) is 5.91 Å². The van der Waals surface area contributed by atoms with Crippen molar-refractivity contribution in [3.8, 4) is 0 Å². The molecule has 3 rings (SSSR count). The highest BCUT2D eigenvalue weighted by Crippen LogP contribution is 2.18. The lowest BCUT2D eigenvalue weighted by atomic mass is 10.1. The van der Waals surface area contributed by atoms with E-state index in [9.17, 15) is 4.79 Å². The number of amides is 1. The van der Waals surface area contributed by atoms with Gasteiger partial charge < -0.3 is 14.2 Å². The van der Waals surface area contributed by atoms with Gasteiger partial charge in [-0.25, -0.2) is 0 Å². The third-order valence-electron chi connectivity index (χ3n) is 4.08. The maximum Gasteiger partial charge on any atom is 0.252 e. The molecular weight excluding hydrogens is 326 g/mol. The van der Waals surface area contributed by atoms with Gasteiger partial charge in [0.25, 0.3) is 5.89 Å². The minimum Gasteiger partial charge on any atom is -0.367 e. The van der Waals surface area contributed by atoms with Crippen LogP contribution in [0.15, 0.2) is 22.0 Å². The molecule has 1 atom stereocenters. The van der Waals surface area contributed by atoms with Gasteiger partial charge in [0.1, 0.15) is 6.61 Å². The number of nitrogens with zero attached hydrogens (tertiary/aromatic N) is 3. The normalized spacial score (nSPS) is 18.3. The van der Waals surface area contributed by atoms with Crippen LogP contribution in [0.1, 0.15) is 49.2 Å². The quantitative estimate of drug-likeness (QED) is 0.802. The van der Waals surface area contributed by atoms with E-state index in [0.29, 0.717) is 31.3 Å². The van der Waals surface area contributed by atoms with Gasteiger partial charge in [-0.05, 0) is 24.3 Å². The Kier molecular flexibility index (Phi) is 5.63. The van der Waals surface area contributed by atoms with Crippen LogP contribution in [-0.4, -0.2) is 40.1 Å². The summed E-state index contributed by atoms with van der Waals surface area (Å²) < 4.78 is 11.1. The van der Waals surface area contributed by atoms with Gasteiger partial charge in [0.05, 0.1) is 12.5 Å². The van der Waals surface area contributed by atoms with Crippen molar-refractivity contribution >= 4 is 17.2 Å². The van der Waals surface area contributed by atoms with E-state index in [0.717, 1.165) is 24.3 Å². The van der Waals surface area contributed by atoms with Gasteiger partial charge in [0.15, 0.2) is 5.82 Å². The van der Waals surface area contributed by atoms with Gasteiger partial charge >= 0.3 is 0 Å². The first kappa shape index (κ1) is 17.1. The number of hydrogen-bond donors (Lipinski definition) is 0. The molecule has 0 aromatic carbocycles. The van der Waals surface area contributed by atoms with Crippen molar-refractivity contribution in [1.29, 1.82) is 0 Å². The van der Waals surface area contributed by atoms with Gasteiger partial charge in [0, 0.05) is 23.9 Å². The first-order chi connectivity index (χ1) is 11.6. The lowest BCUT2D eigenvalue weighted by Gasteiger charge is -2.32. The second kappa shape index (κ2) is 7.90. The van der Waals surface area contributed by atoms with Crippen LogP contribution in [0.5, 0.6) is 0 Å². The molecule has 1 saturated heterocycles. The van der Waals surface area contributed by atoms with Crippen molar-refractivity contribution in [1.82, 2.24) is 15.0 Å². The van der Waals surface area contributed by atoms with E-state index in [1.165, 1.54) is 0 Å². The number of carbonyl (C=O) groups excluding carboxylic acids is 1. The number of rotatable bonds is 6. The fraction of sp³-hybridized carbons (Fsp3) is 0.588. The summed E-state index contributed by atoms with van der Waals surface area (Å²) in [6.07, 6.45) is 2.42. The molecule has 1 aliphatic heterocycles. The van der Waals surface area contributed by atoms with Crippen LogP contribution < -0.4 is 0 Å². The highest BCUT2D eigenvalue weighted by atomic mass is 32.1. The van der Waals surface area contributed by atoms with Gasteiger partial charge in [-0.2, -0.15) is 4.98 Å². The largest absolute Gasteiger partial charge is 0.367 e. The maximum absolute atomic E-state index is 12.4. The summed E-state index contributed by atoms with van der Waals surface area (Å²) >= 11 is 1.62. The molecule has 0 radical (unpaired) electrons. The molecule has 130 valence electrons. The Labute approximate surface area is 145 Å². The zero-order chi connectivity index (χ0) is 16.9. The smallest absolute Gasteiger partial charge is 0.252 e. The first-order valence-corrected chi connectivity index (χ1v) is 9.24. The van der Waals surface area contributed by atoms with Crippen LogP contribution in [0.4, 0.5) is 0 Å². The van der Waals surface area contributed by atoms with E-state index in [4.69, 9.17) is 9.26 Å². The van der Waals surface area contributed by atoms with Crippen LogP contribution in [0, 0.1) is 0 Å². The Hall–Kier alpha value is -1.73. The third-order valence-corrected chi connectivity index (χ3v) is 4.96. The molecule has 0 aliphatic carbocycles. The van der Waals surface area contributed by atoms with Crippen LogP contribution in [0.3, 0.4) is 0 Å². The zero-order valence-electron chi connectivity index (χ0n) is 14.1. The zero-order valence-corrected chi connectivity index (χ0v) is 14.9. The molecule has 7 heteroatoms. The molecule has 1 aliphatic rings. The SMILES string of the molecule is CC(C)c1noc(CO[C@@H]2CCCN(C(=O)Cc3cccs3)C2)n1. The second-order valence-corrected chi connectivity index (χ2v) is 7.40. The second-order valence-electron chi connectivity index (χ2n) is 6.37. The Balaban J connectivity index is 1.48. The van der Waals surface area contributed by atoms with Crippen LogP contribution in [-0.2, 0) is 22.6 Å². The molecule has 0 unspecified atom stereocenters. The molecule has 0 N–H and O–H groups in total. The van der Waals surface area contributed by atoms with Crippen molar-refractivity contribution in [2.75, 3.05) is 13.1 Å². The number of carbonyl (C=O) groups is 1. The van der Waals surface area contributed by atoms with Crippen molar-refractivity contribution in [3.05, 3.63) is 34.1 Å². The molecule has 0 bridgehead atoms. The summed E-state index contributed by atoms with van der Waals surface area (Å²) in [6.45, 7) is 5.79. The van der Waals surface area contributed by atoms with Crippen molar-refractivity contribution in [2.45, 2.75) is 51.7 Å². The summed E-state index contributed by atoms with van der Waals surface area (Å²) in [4.78, 5) is 19.7. The summed E-state index contributed by atoms with van der Waals surface area (Å²) in [5.41, 5.74) is 0. The Morgan fingerprint density at radius 1 is 1.54 bits per heavy atom. The number of hydrogen-bond acceptors (Lipinski definition) is 6. The first-order valence-electron chi connectivity index (χ1n) is 8.36. The van der Waals surface area contributed by atoms with Crippen LogP contribution in [0.2, 0.25) is 0 Å².